The maximum Gasteiger partial charge on any atom is 0.290 e. The lowest BCUT2D eigenvalue weighted by Crippen LogP contribution is -2.45. The van der Waals surface area contributed by atoms with E-state index < -0.39 is 17.3 Å². The Morgan fingerprint density at radius 3 is 2.39 bits per heavy atom. The number of aromatic nitrogens is 1. The van der Waals surface area contributed by atoms with Gasteiger partial charge in [-0.25, -0.2) is 4.39 Å². The number of amides is 1. The average molecular weight is 499 g/mol. The Morgan fingerprint density at radius 2 is 1.75 bits per heavy atom. The average Bonchev–Trinajstić information content (AvgIpc) is 2.83. The number of fused-ring (bicyclic) bond motifs is 1. The van der Waals surface area contributed by atoms with Crippen LogP contribution in [-0.4, -0.2) is 65.3 Å². The van der Waals surface area contributed by atoms with E-state index in [2.05, 4.69) is 10.2 Å². The predicted octanol–water partition coefficient (Wildman–Crippen LogP) is 3.21. The minimum atomic E-state index is -0.762. The number of piperazine rings is 1. The smallest absolute Gasteiger partial charge is 0.290 e. The van der Waals surface area contributed by atoms with Crippen molar-refractivity contribution in [2.45, 2.75) is 20.4 Å². The van der Waals surface area contributed by atoms with E-state index in [-0.39, 0.29) is 29.4 Å². The molecule has 0 saturated carbocycles. The normalized spacial score (nSPS) is 13.9. The van der Waals surface area contributed by atoms with Crippen LogP contribution in [0.5, 0.6) is 5.75 Å². The molecule has 2 heterocycles. The zero-order valence-electron chi connectivity index (χ0n) is 20.6. The Bertz CT molecular complexity index is 1300. The lowest BCUT2D eigenvalue weighted by atomic mass is 10.1. The van der Waals surface area contributed by atoms with Crippen molar-refractivity contribution >= 4 is 34.7 Å². The van der Waals surface area contributed by atoms with Crippen molar-refractivity contribution in [3.8, 4) is 5.75 Å². The van der Waals surface area contributed by atoms with Gasteiger partial charge >= 0.3 is 0 Å². The largest absolute Gasteiger partial charge is 0.506 e. The number of carboxylic acid groups (broad SMARTS) is 1. The number of para-hydroxylation sites is 2. The summed E-state index contributed by atoms with van der Waals surface area (Å²) < 4.78 is 16.4. The molecule has 1 aromatic heterocycles. The summed E-state index contributed by atoms with van der Waals surface area (Å²) in [5.41, 5.74) is 0.209. The third-order valence-electron chi connectivity index (χ3n) is 5.98. The quantitative estimate of drug-likeness (QED) is 0.463. The number of likely N-dealkylation sites (N-methyl/N-ethyl adjacent to an activating group) is 1. The van der Waals surface area contributed by atoms with Gasteiger partial charge in [-0.2, -0.15) is 0 Å². The third-order valence-corrected chi connectivity index (χ3v) is 5.98. The molecule has 9 nitrogen and oxygen atoms in total. The number of nitrogens with one attached hydrogen (secondary N) is 1. The number of carbonyl (C=O) groups is 2. The van der Waals surface area contributed by atoms with Crippen LogP contribution in [0.1, 0.15) is 24.2 Å². The van der Waals surface area contributed by atoms with Crippen LogP contribution < -0.4 is 15.8 Å². The van der Waals surface area contributed by atoms with Gasteiger partial charge in [0.2, 0.25) is 0 Å². The Labute approximate surface area is 208 Å². The van der Waals surface area contributed by atoms with Crippen LogP contribution in [0.3, 0.4) is 0 Å². The van der Waals surface area contributed by atoms with Crippen molar-refractivity contribution in [2.75, 3.05) is 43.4 Å². The minimum Gasteiger partial charge on any atom is -0.506 e. The first-order chi connectivity index (χ1) is 17.2. The molecule has 1 fully saturated rings. The van der Waals surface area contributed by atoms with E-state index in [1.54, 1.807) is 30.3 Å². The minimum absolute atomic E-state index is 0.151. The Balaban J connectivity index is 0.00000115. The van der Waals surface area contributed by atoms with Gasteiger partial charge in [-0.1, -0.05) is 32.0 Å². The second kappa shape index (κ2) is 11.7. The van der Waals surface area contributed by atoms with Gasteiger partial charge in [-0.3, -0.25) is 14.4 Å². The van der Waals surface area contributed by atoms with Crippen molar-refractivity contribution in [3.63, 3.8) is 0 Å². The molecule has 0 bridgehead atoms. The van der Waals surface area contributed by atoms with Crippen molar-refractivity contribution in [1.82, 2.24) is 9.47 Å². The molecule has 0 aliphatic carbocycles. The molecular weight excluding hydrogens is 467 g/mol. The summed E-state index contributed by atoms with van der Waals surface area (Å²) in [7, 11) is 2.01. The maximum atomic E-state index is 14.8. The third kappa shape index (κ3) is 5.65. The van der Waals surface area contributed by atoms with Gasteiger partial charge in [0.25, 0.3) is 17.9 Å². The first kappa shape index (κ1) is 26.7. The van der Waals surface area contributed by atoms with Gasteiger partial charge in [-0.05, 0) is 37.2 Å². The second-order valence-corrected chi connectivity index (χ2v) is 9.04. The zero-order valence-corrected chi connectivity index (χ0v) is 20.6. The van der Waals surface area contributed by atoms with E-state index >= 15 is 0 Å². The van der Waals surface area contributed by atoms with Crippen LogP contribution >= 0.6 is 0 Å². The van der Waals surface area contributed by atoms with Gasteiger partial charge in [-0.15, -0.1) is 0 Å². The molecule has 2 aromatic carbocycles. The summed E-state index contributed by atoms with van der Waals surface area (Å²) >= 11 is 0. The van der Waals surface area contributed by atoms with Crippen molar-refractivity contribution in [1.29, 1.82) is 0 Å². The summed E-state index contributed by atoms with van der Waals surface area (Å²) in [6.07, 6.45) is 0. The van der Waals surface area contributed by atoms with E-state index in [4.69, 9.17) is 9.90 Å². The van der Waals surface area contributed by atoms with Crippen LogP contribution in [-0.2, 0) is 11.3 Å². The van der Waals surface area contributed by atoms with E-state index in [1.807, 2.05) is 25.8 Å². The number of benzene rings is 2. The Morgan fingerprint density at radius 1 is 1.11 bits per heavy atom. The highest BCUT2D eigenvalue weighted by Crippen LogP contribution is 2.32. The lowest BCUT2D eigenvalue weighted by Gasteiger charge is -2.35. The molecule has 0 radical (unpaired) electrons. The van der Waals surface area contributed by atoms with Crippen LogP contribution in [0.25, 0.3) is 10.9 Å². The Hall–Kier alpha value is -3.92. The highest BCUT2D eigenvalue weighted by atomic mass is 19.1. The molecule has 192 valence electrons. The SMILES string of the molecule is CC(C)Cn1c(=O)c(C(=O)Nc2cccc(F)c2N2CCN(C)CC2)c(O)c2ccccc21.O=CO. The van der Waals surface area contributed by atoms with E-state index in [0.29, 0.717) is 36.2 Å². The molecule has 1 amide bonds. The zero-order chi connectivity index (χ0) is 26.4. The molecule has 0 spiro atoms. The summed E-state index contributed by atoms with van der Waals surface area (Å²) in [5.74, 6) is -1.43. The number of nitrogens with zero attached hydrogens (tertiary/aromatic N) is 3. The fourth-order valence-corrected chi connectivity index (χ4v) is 4.29. The number of hydrogen-bond donors (Lipinski definition) is 3. The van der Waals surface area contributed by atoms with Gasteiger partial charge < -0.3 is 29.9 Å². The van der Waals surface area contributed by atoms with E-state index in [9.17, 15) is 19.1 Å². The second-order valence-electron chi connectivity index (χ2n) is 9.04. The number of pyridine rings is 1. The molecular formula is C26H31FN4O5. The summed E-state index contributed by atoms with van der Waals surface area (Å²) in [4.78, 5) is 39.0. The molecule has 1 aliphatic rings. The molecule has 10 heteroatoms. The van der Waals surface area contributed by atoms with Gasteiger partial charge in [0.1, 0.15) is 17.1 Å². The topological polar surface area (TPSA) is 115 Å². The first-order valence-electron chi connectivity index (χ1n) is 11.6. The molecule has 36 heavy (non-hydrogen) atoms. The van der Waals surface area contributed by atoms with Crippen molar-refractivity contribution in [2.24, 2.45) is 5.92 Å². The first-order valence-corrected chi connectivity index (χ1v) is 11.6. The molecule has 1 aliphatic heterocycles. The number of hydrogen-bond acceptors (Lipinski definition) is 6. The molecule has 0 atom stereocenters. The molecule has 3 aromatic rings. The Kier molecular flexibility index (Phi) is 8.65. The van der Waals surface area contributed by atoms with Crippen LogP contribution in [0.2, 0.25) is 0 Å². The standard InChI is InChI=1S/C25H29FN4O3.CH2O2/c1-16(2)15-30-20-10-5-4-7-17(20)23(31)21(25(30)33)24(32)27-19-9-6-8-18(26)22(19)29-13-11-28(3)12-14-29;2-1-3/h4-10,16,31H,11-15H2,1-3H3,(H,27,32);1H,(H,2,3). The fourth-order valence-electron chi connectivity index (χ4n) is 4.29. The van der Waals surface area contributed by atoms with Gasteiger partial charge in [0.15, 0.2) is 0 Å². The molecule has 0 unspecified atom stereocenters. The number of halogens is 1. The molecule has 3 N–H and O–H groups in total. The highest BCUT2D eigenvalue weighted by molar-refractivity contribution is 6.10. The van der Waals surface area contributed by atoms with Gasteiger partial charge in [0, 0.05) is 38.1 Å². The monoisotopic (exact) mass is 498 g/mol. The fraction of sp³-hybridized carbons (Fsp3) is 0.346. The van der Waals surface area contributed by atoms with Crippen LogP contribution in [0.15, 0.2) is 47.3 Å². The molecule has 1 saturated heterocycles. The van der Waals surface area contributed by atoms with E-state index in [0.717, 1.165) is 13.1 Å². The summed E-state index contributed by atoms with van der Waals surface area (Å²) in [6.45, 7) is 6.86. The number of anilines is 2. The lowest BCUT2D eigenvalue weighted by molar-refractivity contribution is -0.122. The van der Waals surface area contributed by atoms with Crippen LogP contribution in [0.4, 0.5) is 15.8 Å². The predicted molar refractivity (Wildman–Crippen MR) is 137 cm³/mol. The maximum absolute atomic E-state index is 14.8. The summed E-state index contributed by atoms with van der Waals surface area (Å²) in [6, 6.07) is 11.4. The highest BCUT2D eigenvalue weighted by Gasteiger charge is 2.26. The van der Waals surface area contributed by atoms with Crippen molar-refractivity contribution in [3.05, 3.63) is 64.2 Å². The number of rotatable bonds is 5. The summed E-state index contributed by atoms with van der Waals surface area (Å²) in [5, 5.41) is 20.9. The number of carbonyl (C=O) groups excluding carboxylic acids is 1. The van der Waals surface area contributed by atoms with Crippen molar-refractivity contribution < 1.29 is 24.2 Å². The number of aromatic hydroxyl groups is 1. The van der Waals surface area contributed by atoms with Gasteiger partial charge in [0.05, 0.1) is 16.9 Å². The van der Waals surface area contributed by atoms with Crippen LogP contribution in [0, 0.1) is 11.7 Å². The van der Waals surface area contributed by atoms with E-state index in [1.165, 1.54) is 16.7 Å². The molecule has 4 rings (SSSR count).